The molecule has 3 aromatic rings. The van der Waals surface area contributed by atoms with Gasteiger partial charge in [0.05, 0.1) is 0 Å². The van der Waals surface area contributed by atoms with E-state index in [-0.39, 0.29) is 30.8 Å². The van der Waals surface area contributed by atoms with E-state index in [4.69, 9.17) is 4.74 Å². The van der Waals surface area contributed by atoms with E-state index >= 15 is 0 Å². The first-order chi connectivity index (χ1) is 16.4. The minimum absolute atomic E-state index is 0.133. The molecule has 0 aliphatic heterocycles. The van der Waals surface area contributed by atoms with Crippen molar-refractivity contribution in [3.8, 4) is 5.75 Å². The van der Waals surface area contributed by atoms with Crippen LogP contribution in [-0.4, -0.2) is 29.9 Å². The molecule has 0 radical (unpaired) electrons. The van der Waals surface area contributed by atoms with Gasteiger partial charge in [0.15, 0.2) is 6.61 Å². The lowest BCUT2D eigenvalue weighted by Crippen LogP contribution is -2.45. The van der Waals surface area contributed by atoms with E-state index in [0.29, 0.717) is 29.3 Å². The van der Waals surface area contributed by atoms with Gasteiger partial charge in [-0.15, -0.1) is 0 Å². The number of ether oxygens (including phenoxy) is 1. The maximum absolute atomic E-state index is 13.5. The van der Waals surface area contributed by atoms with Crippen molar-refractivity contribution < 1.29 is 18.7 Å². The largest absolute Gasteiger partial charge is 0.484 e. The van der Waals surface area contributed by atoms with E-state index in [1.165, 1.54) is 17.0 Å². The lowest BCUT2D eigenvalue weighted by molar-refractivity contribution is -0.143. The summed E-state index contributed by atoms with van der Waals surface area (Å²) in [4.78, 5) is 28.3. The summed E-state index contributed by atoms with van der Waals surface area (Å²) in [5, 5.41) is 2.98. The Hall–Kier alpha value is -3.67. The Morgan fingerprint density at radius 1 is 0.912 bits per heavy atom. The number of nitrogens with zero attached hydrogens (tertiary/aromatic N) is 1. The average molecular weight is 463 g/mol. The van der Waals surface area contributed by atoms with Crippen molar-refractivity contribution >= 4 is 11.8 Å². The van der Waals surface area contributed by atoms with Gasteiger partial charge < -0.3 is 15.0 Å². The monoisotopic (exact) mass is 462 g/mol. The summed E-state index contributed by atoms with van der Waals surface area (Å²) in [6.07, 6.45) is 0.830. The smallest absolute Gasteiger partial charge is 0.261 e. The SMILES string of the molecule is CC(C)CCNC(=O)[C@H](c1ccccc1)N(Cc1ccc(F)cc1)C(=O)COc1ccccc1. The molecule has 0 bridgehead atoms. The molecule has 0 spiro atoms. The molecule has 1 atom stereocenters. The van der Waals surface area contributed by atoms with Crippen molar-refractivity contribution in [2.45, 2.75) is 32.9 Å². The van der Waals surface area contributed by atoms with Crippen LogP contribution < -0.4 is 10.1 Å². The van der Waals surface area contributed by atoms with Crippen LogP contribution >= 0.6 is 0 Å². The Kier molecular flexibility index (Phi) is 9.21. The maximum atomic E-state index is 13.5. The van der Waals surface area contributed by atoms with Gasteiger partial charge in [0.2, 0.25) is 5.91 Å². The molecule has 0 heterocycles. The van der Waals surface area contributed by atoms with Gasteiger partial charge in [0, 0.05) is 13.1 Å². The third kappa shape index (κ3) is 7.44. The van der Waals surface area contributed by atoms with Crippen LogP contribution in [0.5, 0.6) is 5.75 Å². The molecular weight excluding hydrogens is 431 g/mol. The quantitative estimate of drug-likeness (QED) is 0.429. The lowest BCUT2D eigenvalue weighted by Gasteiger charge is -2.31. The van der Waals surface area contributed by atoms with Crippen LogP contribution in [0.1, 0.15) is 37.4 Å². The van der Waals surface area contributed by atoms with Crippen LogP contribution in [0.2, 0.25) is 0 Å². The van der Waals surface area contributed by atoms with Crippen molar-refractivity contribution in [2.75, 3.05) is 13.2 Å². The Morgan fingerprint density at radius 3 is 2.15 bits per heavy atom. The third-order valence-electron chi connectivity index (χ3n) is 5.39. The van der Waals surface area contributed by atoms with Crippen molar-refractivity contribution in [1.82, 2.24) is 10.2 Å². The number of amides is 2. The van der Waals surface area contributed by atoms with Crippen LogP contribution in [0.4, 0.5) is 4.39 Å². The van der Waals surface area contributed by atoms with E-state index in [1.807, 2.05) is 48.5 Å². The lowest BCUT2D eigenvalue weighted by atomic mass is 10.0. The van der Waals surface area contributed by atoms with Gasteiger partial charge >= 0.3 is 0 Å². The molecule has 1 N–H and O–H groups in total. The summed E-state index contributed by atoms with van der Waals surface area (Å²) >= 11 is 0. The van der Waals surface area contributed by atoms with Crippen molar-refractivity contribution in [3.63, 3.8) is 0 Å². The predicted octanol–water partition coefficient (Wildman–Crippen LogP) is 5.14. The Morgan fingerprint density at radius 2 is 1.53 bits per heavy atom. The molecule has 3 aromatic carbocycles. The molecule has 0 aromatic heterocycles. The van der Waals surface area contributed by atoms with E-state index in [0.717, 1.165) is 6.42 Å². The molecule has 0 saturated heterocycles. The van der Waals surface area contributed by atoms with E-state index in [1.54, 1.807) is 24.3 Å². The fourth-order valence-corrected chi connectivity index (χ4v) is 3.54. The van der Waals surface area contributed by atoms with Gasteiger partial charge in [0.1, 0.15) is 17.6 Å². The molecule has 3 rings (SSSR count). The maximum Gasteiger partial charge on any atom is 0.261 e. The average Bonchev–Trinajstić information content (AvgIpc) is 2.84. The summed E-state index contributed by atoms with van der Waals surface area (Å²) in [5.74, 6) is 0.0325. The molecule has 0 saturated carbocycles. The second-order valence-corrected chi connectivity index (χ2v) is 8.54. The minimum Gasteiger partial charge on any atom is -0.484 e. The highest BCUT2D eigenvalue weighted by molar-refractivity contribution is 5.89. The Bertz CT molecular complexity index is 1040. The van der Waals surface area contributed by atoms with Crippen LogP contribution in [0, 0.1) is 11.7 Å². The molecule has 2 amide bonds. The molecule has 0 aliphatic carbocycles. The van der Waals surface area contributed by atoms with E-state index in [9.17, 15) is 14.0 Å². The van der Waals surface area contributed by atoms with Gasteiger partial charge in [-0.2, -0.15) is 0 Å². The number of carbonyl (C=O) groups excluding carboxylic acids is 2. The molecule has 5 nitrogen and oxygen atoms in total. The number of nitrogens with one attached hydrogen (secondary N) is 1. The van der Waals surface area contributed by atoms with E-state index in [2.05, 4.69) is 19.2 Å². The number of rotatable bonds is 11. The summed E-state index contributed by atoms with van der Waals surface area (Å²) in [7, 11) is 0. The zero-order valence-corrected chi connectivity index (χ0v) is 19.6. The zero-order chi connectivity index (χ0) is 24.3. The molecule has 178 valence electrons. The number of para-hydroxylation sites is 1. The van der Waals surface area contributed by atoms with Gasteiger partial charge in [-0.1, -0.05) is 74.5 Å². The minimum atomic E-state index is -0.856. The van der Waals surface area contributed by atoms with E-state index < -0.39 is 6.04 Å². The van der Waals surface area contributed by atoms with Gasteiger partial charge in [-0.25, -0.2) is 4.39 Å². The molecule has 0 aliphatic rings. The molecule has 0 unspecified atom stereocenters. The second kappa shape index (κ2) is 12.5. The highest BCUT2D eigenvalue weighted by atomic mass is 19.1. The number of hydrogen-bond donors (Lipinski definition) is 1. The number of hydrogen-bond acceptors (Lipinski definition) is 3. The summed E-state index contributed by atoms with van der Waals surface area (Å²) in [5.41, 5.74) is 1.41. The predicted molar refractivity (Wildman–Crippen MR) is 131 cm³/mol. The first-order valence-electron chi connectivity index (χ1n) is 11.5. The van der Waals surface area contributed by atoms with Crippen molar-refractivity contribution in [1.29, 1.82) is 0 Å². The summed E-state index contributed by atoms with van der Waals surface area (Å²) < 4.78 is 19.2. The highest BCUT2D eigenvalue weighted by Gasteiger charge is 2.31. The highest BCUT2D eigenvalue weighted by Crippen LogP contribution is 2.24. The standard InChI is InChI=1S/C28H31FN2O3/c1-21(2)17-18-30-28(33)27(23-9-5-3-6-10-23)31(19-22-13-15-24(29)16-14-22)26(32)20-34-25-11-7-4-8-12-25/h3-16,21,27H,17-20H2,1-2H3,(H,30,33)/t27-/m0/s1. The Balaban J connectivity index is 1.89. The number of carbonyl (C=O) groups is 2. The van der Waals surface area contributed by atoms with Crippen molar-refractivity contribution in [3.05, 3.63) is 102 Å². The number of benzene rings is 3. The third-order valence-corrected chi connectivity index (χ3v) is 5.39. The second-order valence-electron chi connectivity index (χ2n) is 8.54. The fraction of sp³-hybridized carbons (Fsp3) is 0.286. The summed E-state index contributed by atoms with van der Waals surface area (Å²) in [6, 6.07) is 23.3. The first-order valence-corrected chi connectivity index (χ1v) is 11.5. The van der Waals surface area contributed by atoms with Gasteiger partial charge in [-0.05, 0) is 47.7 Å². The number of halogens is 1. The first kappa shape index (κ1) is 25.0. The molecule has 0 fully saturated rings. The van der Waals surface area contributed by atoms with Gasteiger partial charge in [-0.3, -0.25) is 9.59 Å². The van der Waals surface area contributed by atoms with Crippen LogP contribution in [-0.2, 0) is 16.1 Å². The Labute approximate surface area is 200 Å². The van der Waals surface area contributed by atoms with Crippen molar-refractivity contribution in [2.24, 2.45) is 5.92 Å². The fourth-order valence-electron chi connectivity index (χ4n) is 3.54. The molecule has 34 heavy (non-hydrogen) atoms. The topological polar surface area (TPSA) is 58.6 Å². The molecular formula is C28H31FN2O3. The van der Waals surface area contributed by atoms with Crippen LogP contribution in [0.15, 0.2) is 84.9 Å². The van der Waals surface area contributed by atoms with Crippen LogP contribution in [0.25, 0.3) is 0 Å². The van der Waals surface area contributed by atoms with Crippen LogP contribution in [0.3, 0.4) is 0 Å². The normalized spacial score (nSPS) is 11.6. The zero-order valence-electron chi connectivity index (χ0n) is 19.6. The summed E-state index contributed by atoms with van der Waals surface area (Å²) in [6.45, 7) is 4.60. The molecule has 6 heteroatoms. The van der Waals surface area contributed by atoms with Gasteiger partial charge in [0.25, 0.3) is 5.91 Å².